The number of carbonyl (C=O) groups is 2. The summed E-state index contributed by atoms with van der Waals surface area (Å²) in [6, 6.07) is 3.83. The van der Waals surface area contributed by atoms with Crippen LogP contribution in [0.1, 0.15) is 57.3 Å². The normalized spacial score (nSPS) is 21.6. The molecule has 1 aliphatic carbocycles. The third-order valence-electron chi connectivity index (χ3n) is 7.05. The zero-order valence-electron chi connectivity index (χ0n) is 22.4. The molecule has 1 amide bonds. The third-order valence-corrected chi connectivity index (χ3v) is 7.05. The molecule has 1 saturated heterocycles. The van der Waals surface area contributed by atoms with Crippen LogP contribution < -0.4 is 4.74 Å². The lowest BCUT2D eigenvalue weighted by atomic mass is 9.87. The first-order valence-electron chi connectivity index (χ1n) is 13.1. The van der Waals surface area contributed by atoms with Crippen LogP contribution in [0, 0.1) is 12.8 Å². The molecule has 2 aliphatic rings. The molecule has 0 N–H and O–H groups in total. The third kappa shape index (κ3) is 6.60. The zero-order valence-corrected chi connectivity index (χ0v) is 22.4. The molecule has 1 unspecified atom stereocenters. The van der Waals surface area contributed by atoms with Gasteiger partial charge in [-0.1, -0.05) is 0 Å². The highest BCUT2D eigenvalue weighted by atomic mass is 16.6. The predicted octanol–water partition coefficient (Wildman–Crippen LogP) is 4.04. The van der Waals surface area contributed by atoms with E-state index >= 15 is 0 Å². The highest BCUT2D eigenvalue weighted by Crippen LogP contribution is 2.31. The van der Waals surface area contributed by atoms with Gasteiger partial charge in [-0.3, -0.25) is 9.48 Å². The van der Waals surface area contributed by atoms with E-state index in [9.17, 15) is 9.59 Å². The number of amides is 1. The molecule has 2 aromatic rings. The molecule has 0 spiro atoms. The van der Waals surface area contributed by atoms with E-state index < -0.39 is 6.09 Å². The van der Waals surface area contributed by atoms with Crippen molar-refractivity contribution >= 4 is 12.1 Å². The Balaban J connectivity index is 1.40. The van der Waals surface area contributed by atoms with Crippen molar-refractivity contribution in [3.63, 3.8) is 0 Å². The van der Waals surface area contributed by atoms with Gasteiger partial charge in [0.15, 0.2) is 0 Å². The van der Waals surface area contributed by atoms with Crippen LogP contribution in [0.3, 0.4) is 0 Å². The first kappa shape index (κ1) is 26.9. The minimum absolute atomic E-state index is 0.0377. The molecule has 37 heavy (non-hydrogen) atoms. The first-order chi connectivity index (χ1) is 17.7. The van der Waals surface area contributed by atoms with E-state index in [0.717, 1.165) is 48.3 Å². The molecule has 10 nitrogen and oxygen atoms in total. The molecular weight excluding hydrogens is 476 g/mol. The molecule has 0 aromatic carbocycles. The highest BCUT2D eigenvalue weighted by Gasteiger charge is 2.30. The number of aryl methyl sites for hydroxylation is 2. The lowest BCUT2D eigenvalue weighted by Crippen LogP contribution is -2.37. The number of nitrogens with zero attached hydrogens (tertiary/aromatic N) is 4. The summed E-state index contributed by atoms with van der Waals surface area (Å²) in [6.45, 7) is 6.91. The first-order valence-corrected chi connectivity index (χ1v) is 13.1. The SMILES string of the molecule is Cc1nc(-c2cnn(C)c2COC(=O)N(C)C2CCOC2)ccc1O[C@H]1CCC[C@H](C(=O)OC(C)C)C1. The Labute approximate surface area is 218 Å². The van der Waals surface area contributed by atoms with E-state index in [2.05, 4.69) is 5.10 Å². The van der Waals surface area contributed by atoms with Gasteiger partial charge in [0.2, 0.25) is 0 Å². The van der Waals surface area contributed by atoms with Crippen LogP contribution in [0.25, 0.3) is 11.3 Å². The van der Waals surface area contributed by atoms with Crippen LogP contribution >= 0.6 is 0 Å². The number of carbonyl (C=O) groups excluding carboxylic acids is 2. The molecule has 2 aromatic heterocycles. The van der Waals surface area contributed by atoms with Crippen LogP contribution in [0.15, 0.2) is 18.3 Å². The Morgan fingerprint density at radius 2 is 2.05 bits per heavy atom. The van der Waals surface area contributed by atoms with Crippen molar-refractivity contribution in [1.29, 1.82) is 0 Å². The summed E-state index contributed by atoms with van der Waals surface area (Å²) in [4.78, 5) is 31.3. The maximum Gasteiger partial charge on any atom is 0.410 e. The molecule has 1 saturated carbocycles. The van der Waals surface area contributed by atoms with E-state index in [0.29, 0.717) is 25.4 Å². The average Bonchev–Trinajstić information content (AvgIpc) is 3.53. The van der Waals surface area contributed by atoms with Gasteiger partial charge in [0.25, 0.3) is 0 Å². The van der Waals surface area contributed by atoms with Crippen LogP contribution in [0.5, 0.6) is 5.75 Å². The molecule has 10 heteroatoms. The summed E-state index contributed by atoms with van der Waals surface area (Å²) in [5.41, 5.74) is 3.02. The quantitative estimate of drug-likeness (QED) is 0.486. The van der Waals surface area contributed by atoms with Gasteiger partial charge in [0.1, 0.15) is 12.4 Å². The van der Waals surface area contributed by atoms with Gasteiger partial charge >= 0.3 is 12.1 Å². The van der Waals surface area contributed by atoms with Crippen LogP contribution in [0.4, 0.5) is 4.79 Å². The second-order valence-corrected chi connectivity index (χ2v) is 10.2. The summed E-state index contributed by atoms with van der Waals surface area (Å²) < 4.78 is 24.3. The standard InChI is InChI=1S/C27H38N4O6/c1-17(2)36-26(32)19-7-6-8-21(13-19)37-25-10-9-23(29-18(25)3)22-14-28-31(5)24(22)16-35-27(33)30(4)20-11-12-34-15-20/h9-10,14,17,19-21H,6-8,11-13,15-16H2,1-5H3/t19-,20?,21-/m0/s1. The van der Waals surface area contributed by atoms with Crippen LogP contribution in [-0.2, 0) is 32.7 Å². The van der Waals surface area contributed by atoms with E-state index in [1.54, 1.807) is 22.8 Å². The number of hydrogen-bond acceptors (Lipinski definition) is 8. The molecule has 2 fully saturated rings. The van der Waals surface area contributed by atoms with E-state index in [-0.39, 0.29) is 36.7 Å². The largest absolute Gasteiger partial charge is 0.489 e. The second-order valence-electron chi connectivity index (χ2n) is 10.2. The number of likely N-dealkylation sites (N-methyl/N-ethyl adjacent to an activating group) is 1. The van der Waals surface area contributed by atoms with Gasteiger partial charge in [0, 0.05) is 26.3 Å². The molecule has 202 valence electrons. The fourth-order valence-electron chi connectivity index (χ4n) is 4.85. The number of rotatable bonds is 8. The summed E-state index contributed by atoms with van der Waals surface area (Å²) in [6.07, 6.45) is 5.28. The van der Waals surface area contributed by atoms with Crippen molar-refractivity contribution in [1.82, 2.24) is 19.7 Å². The Morgan fingerprint density at radius 3 is 2.76 bits per heavy atom. The fourth-order valence-corrected chi connectivity index (χ4v) is 4.85. The second kappa shape index (κ2) is 11.9. The van der Waals surface area contributed by atoms with E-state index in [1.165, 1.54) is 0 Å². The Morgan fingerprint density at radius 1 is 1.24 bits per heavy atom. The molecule has 3 atom stereocenters. The van der Waals surface area contributed by atoms with Gasteiger partial charge in [-0.05, 0) is 65.0 Å². The number of hydrogen-bond donors (Lipinski definition) is 0. The summed E-state index contributed by atoms with van der Waals surface area (Å²) in [5.74, 6) is 0.430. The predicted molar refractivity (Wildman–Crippen MR) is 136 cm³/mol. The lowest BCUT2D eigenvalue weighted by Gasteiger charge is -2.29. The maximum atomic E-state index is 12.5. The molecule has 4 rings (SSSR count). The lowest BCUT2D eigenvalue weighted by molar-refractivity contribution is -0.154. The Bertz CT molecular complexity index is 1090. The highest BCUT2D eigenvalue weighted by molar-refractivity contribution is 5.72. The van der Waals surface area contributed by atoms with Gasteiger partial charge in [0.05, 0.1) is 54.1 Å². The molecule has 0 bridgehead atoms. The van der Waals surface area contributed by atoms with Crippen molar-refractivity contribution in [3.05, 3.63) is 29.7 Å². The number of pyridine rings is 1. The molecule has 1 aliphatic heterocycles. The van der Waals surface area contributed by atoms with Gasteiger partial charge < -0.3 is 23.8 Å². The van der Waals surface area contributed by atoms with Gasteiger partial charge in [-0.2, -0.15) is 5.10 Å². The van der Waals surface area contributed by atoms with Crippen molar-refractivity contribution < 1.29 is 28.5 Å². The van der Waals surface area contributed by atoms with Crippen molar-refractivity contribution in [2.24, 2.45) is 13.0 Å². The number of aromatic nitrogens is 3. The monoisotopic (exact) mass is 514 g/mol. The molecule has 0 radical (unpaired) electrons. The van der Waals surface area contributed by atoms with Crippen LogP contribution in [0.2, 0.25) is 0 Å². The van der Waals surface area contributed by atoms with E-state index in [1.807, 2.05) is 40.0 Å². The van der Waals surface area contributed by atoms with Crippen molar-refractivity contribution in [2.75, 3.05) is 20.3 Å². The minimum atomic E-state index is -0.390. The maximum absolute atomic E-state index is 12.5. The van der Waals surface area contributed by atoms with Gasteiger partial charge in [-0.25, -0.2) is 9.78 Å². The number of ether oxygens (including phenoxy) is 4. The average molecular weight is 515 g/mol. The van der Waals surface area contributed by atoms with Crippen molar-refractivity contribution in [2.45, 2.75) is 77.7 Å². The summed E-state index contributed by atoms with van der Waals surface area (Å²) >= 11 is 0. The van der Waals surface area contributed by atoms with Crippen LogP contribution in [-0.4, -0.2) is 70.2 Å². The Kier molecular flexibility index (Phi) is 8.68. The molecule has 3 heterocycles. The summed E-state index contributed by atoms with van der Waals surface area (Å²) in [7, 11) is 3.55. The Hall–Kier alpha value is -3.14. The minimum Gasteiger partial charge on any atom is -0.489 e. The summed E-state index contributed by atoms with van der Waals surface area (Å²) in [5, 5.41) is 4.36. The fraction of sp³-hybridized carbons (Fsp3) is 0.630. The smallest absolute Gasteiger partial charge is 0.410 e. The molecular formula is C27H38N4O6. The topological polar surface area (TPSA) is 105 Å². The van der Waals surface area contributed by atoms with Gasteiger partial charge in [-0.15, -0.1) is 0 Å². The zero-order chi connectivity index (χ0) is 26.5. The van der Waals surface area contributed by atoms with E-state index in [4.69, 9.17) is 23.9 Å². The number of esters is 1. The van der Waals surface area contributed by atoms with Crippen molar-refractivity contribution in [3.8, 4) is 17.0 Å².